The number of ether oxygens (including phenoxy) is 2. The fourth-order valence-electron chi connectivity index (χ4n) is 4.36. The third kappa shape index (κ3) is 3.15. The van der Waals surface area contributed by atoms with Crippen molar-refractivity contribution < 1.29 is 13.9 Å². The van der Waals surface area contributed by atoms with Crippen molar-refractivity contribution in [2.45, 2.75) is 6.54 Å². The third-order valence-corrected chi connectivity index (χ3v) is 5.59. The lowest BCUT2D eigenvalue weighted by molar-refractivity contribution is 0.0102. The Morgan fingerprint density at radius 1 is 1.13 bits per heavy atom. The largest absolute Gasteiger partial charge is 0.380 e. The van der Waals surface area contributed by atoms with E-state index in [0.717, 1.165) is 64.7 Å². The number of benzene rings is 1. The predicted molar refractivity (Wildman–Crippen MR) is 85.7 cm³/mol. The quantitative estimate of drug-likeness (QED) is 0.841. The molecular formula is C18H25FN2O2. The van der Waals surface area contributed by atoms with Crippen LogP contribution in [0.4, 0.5) is 4.39 Å². The van der Waals surface area contributed by atoms with Gasteiger partial charge in [-0.15, -0.1) is 0 Å². The Kier molecular flexibility index (Phi) is 4.37. The summed E-state index contributed by atoms with van der Waals surface area (Å²) in [5.41, 5.74) is 1.01. The zero-order chi connectivity index (χ0) is 15.7. The molecule has 3 heterocycles. The maximum Gasteiger partial charge on any atom is 0.127 e. The molecule has 0 saturated carbocycles. The molecule has 5 heteroatoms. The van der Waals surface area contributed by atoms with Crippen molar-refractivity contribution in [2.24, 2.45) is 11.3 Å². The molecule has 1 aromatic carbocycles. The van der Waals surface area contributed by atoms with Gasteiger partial charge in [0.1, 0.15) is 5.82 Å². The van der Waals surface area contributed by atoms with E-state index in [9.17, 15) is 4.39 Å². The maximum absolute atomic E-state index is 13.9. The third-order valence-electron chi connectivity index (χ3n) is 5.59. The second kappa shape index (κ2) is 6.48. The van der Waals surface area contributed by atoms with E-state index in [2.05, 4.69) is 9.80 Å². The van der Waals surface area contributed by atoms with Crippen LogP contribution in [-0.4, -0.2) is 69.0 Å². The van der Waals surface area contributed by atoms with Crippen molar-refractivity contribution in [1.82, 2.24) is 9.80 Å². The minimum absolute atomic E-state index is 0.0944. The zero-order valence-electron chi connectivity index (χ0n) is 13.5. The second-order valence-electron chi connectivity index (χ2n) is 7.22. The van der Waals surface area contributed by atoms with Gasteiger partial charge in [0, 0.05) is 56.2 Å². The van der Waals surface area contributed by atoms with Crippen molar-refractivity contribution in [3.8, 4) is 0 Å². The van der Waals surface area contributed by atoms with E-state index in [1.54, 1.807) is 12.1 Å². The molecule has 0 amide bonds. The summed E-state index contributed by atoms with van der Waals surface area (Å²) in [5, 5.41) is 0. The van der Waals surface area contributed by atoms with E-state index in [0.29, 0.717) is 12.5 Å². The molecule has 0 radical (unpaired) electrons. The molecule has 0 aromatic heterocycles. The summed E-state index contributed by atoms with van der Waals surface area (Å²) in [6.07, 6.45) is 0. The summed E-state index contributed by atoms with van der Waals surface area (Å²) >= 11 is 0. The van der Waals surface area contributed by atoms with E-state index in [1.165, 1.54) is 0 Å². The van der Waals surface area contributed by atoms with E-state index in [-0.39, 0.29) is 11.2 Å². The van der Waals surface area contributed by atoms with Crippen LogP contribution in [0.3, 0.4) is 0 Å². The van der Waals surface area contributed by atoms with Gasteiger partial charge in [-0.25, -0.2) is 4.39 Å². The maximum atomic E-state index is 13.9. The number of rotatable bonds is 4. The number of morpholine rings is 1. The number of fused-ring (bicyclic) bond motifs is 1. The average molecular weight is 320 g/mol. The number of likely N-dealkylation sites (tertiary alicyclic amines) is 1. The van der Waals surface area contributed by atoms with Crippen LogP contribution in [0.25, 0.3) is 0 Å². The Bertz CT molecular complexity index is 550. The first-order valence-corrected chi connectivity index (χ1v) is 8.59. The highest BCUT2D eigenvalue weighted by Crippen LogP contribution is 2.42. The Morgan fingerprint density at radius 3 is 2.78 bits per heavy atom. The summed E-state index contributed by atoms with van der Waals surface area (Å²) < 4.78 is 25.2. The minimum atomic E-state index is -0.0944. The van der Waals surface area contributed by atoms with Gasteiger partial charge >= 0.3 is 0 Å². The molecule has 0 unspecified atom stereocenters. The molecule has 23 heavy (non-hydrogen) atoms. The van der Waals surface area contributed by atoms with Crippen LogP contribution in [0.1, 0.15) is 5.56 Å². The van der Waals surface area contributed by atoms with Crippen molar-refractivity contribution in [1.29, 1.82) is 0 Å². The molecule has 0 aliphatic carbocycles. The van der Waals surface area contributed by atoms with Gasteiger partial charge in [0.2, 0.25) is 0 Å². The Morgan fingerprint density at radius 2 is 1.96 bits per heavy atom. The average Bonchev–Trinajstić information content (AvgIpc) is 3.07. The van der Waals surface area contributed by atoms with Crippen molar-refractivity contribution in [3.63, 3.8) is 0 Å². The fraction of sp³-hybridized carbons (Fsp3) is 0.667. The van der Waals surface area contributed by atoms with Crippen LogP contribution >= 0.6 is 0 Å². The molecule has 3 fully saturated rings. The van der Waals surface area contributed by atoms with Crippen LogP contribution in [0.2, 0.25) is 0 Å². The van der Waals surface area contributed by atoms with Crippen molar-refractivity contribution >= 4 is 0 Å². The highest BCUT2D eigenvalue weighted by molar-refractivity contribution is 5.18. The first kappa shape index (κ1) is 15.5. The Hall–Kier alpha value is -1.01. The smallest absolute Gasteiger partial charge is 0.127 e. The van der Waals surface area contributed by atoms with Gasteiger partial charge in [-0.05, 0) is 6.07 Å². The molecule has 2 atom stereocenters. The van der Waals surface area contributed by atoms with Gasteiger partial charge in [0.25, 0.3) is 0 Å². The Balaban J connectivity index is 1.44. The van der Waals surface area contributed by atoms with Gasteiger partial charge in [-0.1, -0.05) is 18.2 Å². The lowest BCUT2D eigenvalue weighted by Crippen LogP contribution is -2.47. The molecule has 0 spiro atoms. The summed E-state index contributed by atoms with van der Waals surface area (Å²) in [7, 11) is 0. The van der Waals surface area contributed by atoms with Gasteiger partial charge < -0.3 is 9.47 Å². The number of nitrogens with zero attached hydrogens (tertiary/aromatic N) is 2. The molecule has 3 saturated heterocycles. The predicted octanol–water partition coefficient (Wildman–Crippen LogP) is 1.61. The first-order chi connectivity index (χ1) is 11.3. The van der Waals surface area contributed by atoms with Gasteiger partial charge in [-0.3, -0.25) is 9.80 Å². The number of hydrogen-bond acceptors (Lipinski definition) is 4. The Labute approximate surface area is 137 Å². The second-order valence-corrected chi connectivity index (χ2v) is 7.22. The van der Waals surface area contributed by atoms with Crippen LogP contribution in [0, 0.1) is 17.2 Å². The summed E-state index contributed by atoms with van der Waals surface area (Å²) in [4.78, 5) is 4.92. The van der Waals surface area contributed by atoms with E-state index in [4.69, 9.17) is 9.47 Å². The zero-order valence-corrected chi connectivity index (χ0v) is 13.5. The van der Waals surface area contributed by atoms with Crippen LogP contribution < -0.4 is 0 Å². The standard InChI is InChI=1S/C18H25FN2O2/c19-17-4-2-1-3-15(17)9-21-10-16-11-23-14-18(16,13-21)12-20-5-7-22-8-6-20/h1-4,16H,5-14H2/t16-,18+/m0/s1. The van der Waals surface area contributed by atoms with E-state index < -0.39 is 0 Å². The molecule has 3 aliphatic rings. The van der Waals surface area contributed by atoms with Crippen LogP contribution in [0.5, 0.6) is 0 Å². The van der Waals surface area contributed by atoms with Crippen LogP contribution in [-0.2, 0) is 16.0 Å². The first-order valence-electron chi connectivity index (χ1n) is 8.59. The molecule has 3 aliphatic heterocycles. The summed E-state index contributed by atoms with van der Waals surface area (Å²) in [6.45, 7) is 9.18. The fourth-order valence-corrected chi connectivity index (χ4v) is 4.36. The molecular weight excluding hydrogens is 295 g/mol. The lowest BCUT2D eigenvalue weighted by atomic mass is 9.80. The van der Waals surface area contributed by atoms with Gasteiger partial charge in [0.05, 0.1) is 26.4 Å². The van der Waals surface area contributed by atoms with Crippen LogP contribution in [0.15, 0.2) is 24.3 Å². The van der Waals surface area contributed by atoms with Gasteiger partial charge in [0.15, 0.2) is 0 Å². The summed E-state index contributed by atoms with van der Waals surface area (Å²) in [6, 6.07) is 7.13. The topological polar surface area (TPSA) is 24.9 Å². The molecule has 4 nitrogen and oxygen atoms in total. The molecule has 126 valence electrons. The molecule has 0 bridgehead atoms. The van der Waals surface area contributed by atoms with E-state index >= 15 is 0 Å². The van der Waals surface area contributed by atoms with Crippen molar-refractivity contribution in [2.75, 3.05) is 59.2 Å². The number of hydrogen-bond donors (Lipinski definition) is 0. The summed E-state index contributed by atoms with van der Waals surface area (Å²) in [5.74, 6) is 0.472. The minimum Gasteiger partial charge on any atom is -0.380 e. The van der Waals surface area contributed by atoms with Crippen molar-refractivity contribution in [3.05, 3.63) is 35.6 Å². The SMILES string of the molecule is Fc1ccccc1CN1C[C@H]2COC[C@@]2(CN2CCOCC2)C1. The highest BCUT2D eigenvalue weighted by Gasteiger charge is 2.51. The van der Waals surface area contributed by atoms with Gasteiger partial charge in [-0.2, -0.15) is 0 Å². The highest BCUT2D eigenvalue weighted by atomic mass is 19.1. The normalized spacial score (nSPS) is 32.3. The van der Waals surface area contributed by atoms with E-state index in [1.807, 2.05) is 12.1 Å². The lowest BCUT2D eigenvalue weighted by Gasteiger charge is -2.36. The monoisotopic (exact) mass is 320 g/mol. The molecule has 0 N–H and O–H groups in total. The number of halogens is 1. The molecule has 4 rings (SSSR count). The molecule has 1 aromatic rings.